The molecular weight excluding hydrogens is 304 g/mol. The van der Waals surface area contributed by atoms with Crippen LogP contribution >= 0.6 is 0 Å². The second-order valence-electron chi connectivity index (χ2n) is 6.68. The van der Waals surface area contributed by atoms with Crippen molar-refractivity contribution >= 4 is 11.5 Å². The number of nitrogens with two attached hydrogens (primary N) is 1. The maximum absolute atomic E-state index is 11.8. The normalized spacial score (nSPS) is 24.3. The van der Waals surface area contributed by atoms with Gasteiger partial charge in [0.1, 0.15) is 11.9 Å². The van der Waals surface area contributed by atoms with Gasteiger partial charge in [-0.1, -0.05) is 0 Å². The van der Waals surface area contributed by atoms with Crippen LogP contribution in [0.15, 0.2) is 35.7 Å². The first kappa shape index (κ1) is 15.4. The fourth-order valence-electron chi connectivity index (χ4n) is 3.98. The van der Waals surface area contributed by atoms with Crippen molar-refractivity contribution in [1.29, 1.82) is 0 Å². The van der Waals surface area contributed by atoms with Gasteiger partial charge in [0.2, 0.25) is 5.91 Å². The molecule has 0 saturated carbocycles. The number of rotatable bonds is 2. The Morgan fingerprint density at radius 1 is 1.25 bits per heavy atom. The number of aromatic nitrogens is 1. The van der Waals surface area contributed by atoms with Crippen LogP contribution in [-0.4, -0.2) is 30.2 Å². The van der Waals surface area contributed by atoms with Crippen molar-refractivity contribution in [3.8, 4) is 5.75 Å². The van der Waals surface area contributed by atoms with E-state index < -0.39 is 0 Å². The van der Waals surface area contributed by atoms with Crippen molar-refractivity contribution in [2.75, 3.05) is 13.2 Å². The largest absolute Gasteiger partial charge is 0.483 e. The Balaban J connectivity index is 1.82. The van der Waals surface area contributed by atoms with Gasteiger partial charge in [-0.05, 0) is 55.4 Å². The number of carbonyl (C=O) groups excluding carboxylic acids is 1. The van der Waals surface area contributed by atoms with E-state index in [1.165, 1.54) is 5.57 Å². The van der Waals surface area contributed by atoms with Crippen molar-refractivity contribution in [1.82, 2.24) is 4.98 Å². The van der Waals surface area contributed by atoms with E-state index in [0.29, 0.717) is 11.5 Å². The quantitative estimate of drug-likeness (QED) is 0.906. The predicted octanol–water partition coefficient (Wildman–Crippen LogP) is 2.62. The summed E-state index contributed by atoms with van der Waals surface area (Å²) in [5.74, 6) is 0.916. The number of nitrogens with zero attached hydrogens (tertiary/aromatic N) is 1. The van der Waals surface area contributed by atoms with Gasteiger partial charge in [0.05, 0.1) is 6.20 Å². The lowest BCUT2D eigenvalue weighted by molar-refractivity contribution is -0.114. The van der Waals surface area contributed by atoms with Crippen molar-refractivity contribution in [2.24, 2.45) is 11.7 Å². The first-order chi connectivity index (χ1) is 11.7. The molecule has 1 aromatic heterocycles. The van der Waals surface area contributed by atoms with Crippen molar-refractivity contribution in [2.45, 2.75) is 38.2 Å². The number of hydrogen-bond acceptors (Lipinski definition) is 4. The van der Waals surface area contributed by atoms with Gasteiger partial charge in [-0.25, -0.2) is 0 Å². The summed E-state index contributed by atoms with van der Waals surface area (Å²) in [5.41, 5.74) is 9.80. The average Bonchev–Trinajstić information content (AvgIpc) is 2.85. The molecular formula is C19H22N2O3. The summed E-state index contributed by atoms with van der Waals surface area (Å²) < 4.78 is 11.9. The molecule has 3 aliphatic rings. The Kier molecular flexibility index (Phi) is 4.10. The number of primary amides is 1. The van der Waals surface area contributed by atoms with Gasteiger partial charge in [-0.3, -0.25) is 9.78 Å². The molecule has 2 N–H and O–H groups in total. The van der Waals surface area contributed by atoms with Crippen LogP contribution in [0, 0.1) is 5.92 Å². The van der Waals surface area contributed by atoms with E-state index in [-0.39, 0.29) is 12.0 Å². The average molecular weight is 326 g/mol. The summed E-state index contributed by atoms with van der Waals surface area (Å²) in [6.45, 7) is 1.53. The fraction of sp³-hybridized carbons (Fsp3) is 0.474. The molecule has 0 radical (unpaired) electrons. The molecule has 126 valence electrons. The van der Waals surface area contributed by atoms with Crippen molar-refractivity contribution in [3.63, 3.8) is 0 Å². The van der Waals surface area contributed by atoms with E-state index in [1.807, 2.05) is 12.1 Å². The van der Waals surface area contributed by atoms with Gasteiger partial charge in [0.15, 0.2) is 0 Å². The maximum atomic E-state index is 11.8. The molecule has 2 aliphatic heterocycles. The Labute approximate surface area is 141 Å². The highest BCUT2D eigenvalue weighted by atomic mass is 16.5. The predicted molar refractivity (Wildman–Crippen MR) is 90.2 cm³/mol. The molecule has 1 fully saturated rings. The topological polar surface area (TPSA) is 74.4 Å². The van der Waals surface area contributed by atoms with Crippen molar-refractivity contribution < 1.29 is 14.3 Å². The maximum Gasteiger partial charge on any atom is 0.244 e. The number of carbonyl (C=O) groups is 1. The second kappa shape index (κ2) is 6.40. The van der Waals surface area contributed by atoms with Gasteiger partial charge in [-0.2, -0.15) is 0 Å². The van der Waals surface area contributed by atoms with Crippen LogP contribution in [-0.2, 0) is 9.53 Å². The summed E-state index contributed by atoms with van der Waals surface area (Å²) in [4.78, 5) is 16.0. The number of hydrogen-bond donors (Lipinski definition) is 1. The molecule has 0 unspecified atom stereocenters. The Bertz CT molecular complexity index is 717. The van der Waals surface area contributed by atoms with Crippen molar-refractivity contribution in [3.05, 3.63) is 41.2 Å². The van der Waals surface area contributed by atoms with E-state index in [4.69, 9.17) is 15.2 Å². The van der Waals surface area contributed by atoms with E-state index >= 15 is 0 Å². The molecule has 24 heavy (non-hydrogen) atoms. The van der Waals surface area contributed by atoms with Crippen LogP contribution in [0.3, 0.4) is 0 Å². The number of amides is 1. The van der Waals surface area contributed by atoms with Gasteiger partial charge >= 0.3 is 0 Å². The van der Waals surface area contributed by atoms with Crippen LogP contribution in [0.25, 0.3) is 5.57 Å². The molecule has 0 bridgehead atoms. The zero-order chi connectivity index (χ0) is 16.5. The summed E-state index contributed by atoms with van der Waals surface area (Å²) in [5, 5.41) is 0. The minimum Gasteiger partial charge on any atom is -0.483 e. The highest BCUT2D eigenvalue weighted by Crippen LogP contribution is 2.44. The summed E-state index contributed by atoms with van der Waals surface area (Å²) in [6, 6.07) is 2.01. The lowest BCUT2D eigenvalue weighted by atomic mass is 9.82. The summed E-state index contributed by atoms with van der Waals surface area (Å²) >= 11 is 0. The fourth-order valence-corrected chi connectivity index (χ4v) is 3.98. The third-order valence-electron chi connectivity index (χ3n) is 5.23. The molecule has 1 atom stereocenters. The minimum absolute atomic E-state index is 0.0481. The van der Waals surface area contributed by atoms with E-state index in [9.17, 15) is 4.79 Å². The van der Waals surface area contributed by atoms with Gasteiger partial charge in [-0.15, -0.1) is 0 Å². The zero-order valence-corrected chi connectivity index (χ0v) is 13.7. The molecule has 3 heterocycles. The highest BCUT2D eigenvalue weighted by Gasteiger charge is 2.35. The molecule has 1 amide bonds. The molecule has 1 aliphatic carbocycles. The molecule has 4 rings (SSSR count). The number of fused-ring (bicyclic) bond motifs is 2. The highest BCUT2D eigenvalue weighted by molar-refractivity contribution is 5.94. The number of ether oxygens (including phenoxy) is 2. The van der Waals surface area contributed by atoms with E-state index in [2.05, 4.69) is 4.98 Å². The second-order valence-corrected chi connectivity index (χ2v) is 6.68. The first-order valence-corrected chi connectivity index (χ1v) is 8.66. The van der Waals surface area contributed by atoms with Gasteiger partial charge in [0.25, 0.3) is 0 Å². The molecule has 5 heteroatoms. The van der Waals surface area contributed by atoms with Crippen LogP contribution in [0.2, 0.25) is 0 Å². The zero-order valence-electron chi connectivity index (χ0n) is 13.7. The number of allylic oxidation sites excluding steroid dienone is 1. The Hall–Kier alpha value is -2.14. The monoisotopic (exact) mass is 326 g/mol. The van der Waals surface area contributed by atoms with Crippen LogP contribution in [0.1, 0.15) is 37.7 Å². The smallest absolute Gasteiger partial charge is 0.244 e. The molecule has 5 nitrogen and oxygen atoms in total. The van der Waals surface area contributed by atoms with Crippen LogP contribution in [0.5, 0.6) is 5.75 Å². The van der Waals surface area contributed by atoms with Gasteiger partial charge < -0.3 is 15.2 Å². The Morgan fingerprint density at radius 2 is 2.08 bits per heavy atom. The third kappa shape index (κ3) is 2.73. The van der Waals surface area contributed by atoms with Gasteiger partial charge in [0, 0.05) is 36.5 Å². The Morgan fingerprint density at radius 3 is 2.88 bits per heavy atom. The minimum atomic E-state index is -0.324. The van der Waals surface area contributed by atoms with E-state index in [1.54, 1.807) is 12.4 Å². The first-order valence-electron chi connectivity index (χ1n) is 8.66. The summed E-state index contributed by atoms with van der Waals surface area (Å²) in [6.07, 6.45) is 10.1. The third-order valence-corrected chi connectivity index (χ3v) is 5.23. The standard InChI is InChI=1S/C19H22N2O3/c20-19(22)13-2-1-3-14-15-4-7-21-11-17(15)24-18(16(14)10-13)12-5-8-23-9-6-12/h4,7,10-12,18H,1-3,5-6,8-9H2,(H2,20,22)/t18-/m0/s1. The molecule has 1 saturated heterocycles. The van der Waals surface area contributed by atoms with Crippen LogP contribution < -0.4 is 10.5 Å². The molecule has 1 aromatic rings. The lowest BCUT2D eigenvalue weighted by Crippen LogP contribution is -2.35. The lowest BCUT2D eigenvalue weighted by Gasteiger charge is -2.36. The molecule has 0 aromatic carbocycles. The SMILES string of the molecule is NC(=O)C1=CC2=C(CCC1)c1ccncc1O[C@H]2C1CCOCC1. The number of pyridine rings is 1. The van der Waals surface area contributed by atoms with Crippen LogP contribution in [0.4, 0.5) is 0 Å². The summed E-state index contributed by atoms with van der Waals surface area (Å²) in [7, 11) is 0. The molecule has 0 spiro atoms. The van der Waals surface area contributed by atoms with E-state index in [0.717, 1.165) is 62.2 Å².